The monoisotopic (exact) mass is 403 g/mol. The zero-order chi connectivity index (χ0) is 21.0. The molecule has 1 aromatic heterocycles. The van der Waals surface area contributed by atoms with Gasteiger partial charge in [0.15, 0.2) is 0 Å². The molecule has 29 heavy (non-hydrogen) atoms. The molecular formula is C20H16F3N3O3. The number of hydrogen-bond donors (Lipinski definition) is 1. The number of carbonyl (C=O) groups excluding carboxylic acids is 1. The lowest BCUT2D eigenvalue weighted by Crippen LogP contribution is -2.29. The van der Waals surface area contributed by atoms with Crippen molar-refractivity contribution in [3.05, 3.63) is 76.6 Å². The highest BCUT2D eigenvalue weighted by Gasteiger charge is 2.30. The Morgan fingerprint density at radius 2 is 1.86 bits per heavy atom. The van der Waals surface area contributed by atoms with Crippen LogP contribution >= 0.6 is 0 Å². The largest absolute Gasteiger partial charge is 0.496 e. The summed E-state index contributed by atoms with van der Waals surface area (Å²) in [5.74, 6) is -0.144. The second-order valence-corrected chi connectivity index (χ2v) is 6.04. The maximum absolute atomic E-state index is 12.8. The zero-order valence-corrected chi connectivity index (χ0v) is 15.2. The predicted molar refractivity (Wildman–Crippen MR) is 101 cm³/mol. The predicted octanol–water partition coefficient (Wildman–Crippen LogP) is 3.58. The highest BCUT2D eigenvalue weighted by Crippen LogP contribution is 2.30. The summed E-state index contributed by atoms with van der Waals surface area (Å²) in [6, 6.07) is 14.0. The number of carbonyl (C=O) groups is 1. The highest BCUT2D eigenvalue weighted by molar-refractivity contribution is 5.90. The van der Waals surface area contributed by atoms with E-state index in [0.717, 1.165) is 16.8 Å². The van der Waals surface area contributed by atoms with Crippen LogP contribution in [0.2, 0.25) is 0 Å². The van der Waals surface area contributed by atoms with Crippen LogP contribution in [0, 0.1) is 0 Å². The smallest absolute Gasteiger partial charge is 0.416 e. The molecule has 0 aliphatic heterocycles. The van der Waals surface area contributed by atoms with E-state index in [0.29, 0.717) is 17.0 Å². The first-order chi connectivity index (χ1) is 13.8. The van der Waals surface area contributed by atoms with E-state index in [9.17, 15) is 22.8 Å². The number of nitrogens with one attached hydrogen (secondary N) is 1. The molecule has 2 aromatic carbocycles. The van der Waals surface area contributed by atoms with E-state index in [2.05, 4.69) is 10.4 Å². The topological polar surface area (TPSA) is 73.2 Å². The maximum atomic E-state index is 12.8. The molecule has 0 radical (unpaired) electrons. The fourth-order valence-corrected chi connectivity index (χ4v) is 2.67. The van der Waals surface area contributed by atoms with Crippen LogP contribution < -0.4 is 15.6 Å². The van der Waals surface area contributed by atoms with Gasteiger partial charge in [-0.15, -0.1) is 0 Å². The van der Waals surface area contributed by atoms with Crippen LogP contribution in [0.3, 0.4) is 0 Å². The molecule has 0 unspecified atom stereocenters. The summed E-state index contributed by atoms with van der Waals surface area (Å²) in [5, 5.41) is 6.52. The van der Waals surface area contributed by atoms with Crippen molar-refractivity contribution in [3.8, 4) is 17.0 Å². The summed E-state index contributed by atoms with van der Waals surface area (Å²) in [6.07, 6.45) is -4.53. The van der Waals surface area contributed by atoms with Crippen molar-refractivity contribution in [2.75, 3.05) is 12.4 Å². The Morgan fingerprint density at radius 1 is 1.10 bits per heavy atom. The molecule has 6 nitrogen and oxygen atoms in total. The molecule has 0 atom stereocenters. The van der Waals surface area contributed by atoms with E-state index < -0.39 is 29.8 Å². The van der Waals surface area contributed by atoms with Crippen molar-refractivity contribution in [2.24, 2.45) is 0 Å². The van der Waals surface area contributed by atoms with Crippen molar-refractivity contribution in [2.45, 2.75) is 12.7 Å². The Morgan fingerprint density at radius 3 is 2.59 bits per heavy atom. The molecular weight excluding hydrogens is 387 g/mol. The average Bonchev–Trinajstić information content (AvgIpc) is 2.69. The van der Waals surface area contributed by atoms with Gasteiger partial charge in [0.05, 0.1) is 18.4 Å². The fourth-order valence-electron chi connectivity index (χ4n) is 2.67. The lowest BCUT2D eigenvalue weighted by atomic mass is 10.1. The summed E-state index contributed by atoms with van der Waals surface area (Å²) in [7, 11) is 1.50. The molecule has 0 spiro atoms. The lowest BCUT2D eigenvalue weighted by molar-refractivity contribution is -0.137. The van der Waals surface area contributed by atoms with Crippen molar-refractivity contribution in [1.82, 2.24) is 9.78 Å². The van der Waals surface area contributed by atoms with Gasteiger partial charge in [0.2, 0.25) is 5.91 Å². The number of anilines is 1. The van der Waals surface area contributed by atoms with Gasteiger partial charge in [-0.25, -0.2) is 4.68 Å². The van der Waals surface area contributed by atoms with Gasteiger partial charge in [0.25, 0.3) is 5.56 Å². The first-order valence-electron chi connectivity index (χ1n) is 8.46. The number of amides is 1. The molecule has 0 fully saturated rings. The number of ether oxygens (including phenoxy) is 1. The van der Waals surface area contributed by atoms with E-state index in [-0.39, 0.29) is 5.69 Å². The summed E-state index contributed by atoms with van der Waals surface area (Å²) in [6.45, 7) is -0.460. The molecule has 1 amide bonds. The minimum atomic E-state index is -4.53. The summed E-state index contributed by atoms with van der Waals surface area (Å²) < 4.78 is 44.6. The minimum Gasteiger partial charge on any atom is -0.496 e. The van der Waals surface area contributed by atoms with Crippen LogP contribution in [-0.2, 0) is 17.5 Å². The second kappa shape index (κ2) is 8.17. The standard InChI is InChI=1S/C20H16F3N3O3/c1-29-17-8-3-2-7-15(17)16-9-10-19(28)26(25-16)12-18(27)24-14-6-4-5-13(11-14)20(21,22)23/h2-11H,12H2,1H3,(H,24,27). The van der Waals surface area contributed by atoms with Gasteiger partial charge >= 0.3 is 6.18 Å². The van der Waals surface area contributed by atoms with Gasteiger partial charge < -0.3 is 10.1 Å². The molecule has 1 heterocycles. The molecule has 1 N–H and O–H groups in total. The number of halogens is 3. The van der Waals surface area contributed by atoms with Crippen molar-refractivity contribution < 1.29 is 22.7 Å². The normalized spacial score (nSPS) is 11.2. The Kier molecular flexibility index (Phi) is 5.67. The number of rotatable bonds is 5. The van der Waals surface area contributed by atoms with Crippen molar-refractivity contribution >= 4 is 11.6 Å². The van der Waals surface area contributed by atoms with E-state index in [1.165, 1.54) is 31.4 Å². The Hall–Kier alpha value is -3.62. The number of alkyl halides is 3. The Balaban J connectivity index is 1.82. The van der Waals surface area contributed by atoms with Crippen LogP contribution in [0.25, 0.3) is 11.3 Å². The number of benzene rings is 2. The van der Waals surface area contributed by atoms with Crippen LogP contribution in [0.5, 0.6) is 5.75 Å². The van der Waals surface area contributed by atoms with Crippen LogP contribution in [0.4, 0.5) is 18.9 Å². The van der Waals surface area contributed by atoms with Gasteiger partial charge in [-0.2, -0.15) is 18.3 Å². The molecule has 9 heteroatoms. The number of nitrogens with zero attached hydrogens (tertiary/aromatic N) is 2. The van der Waals surface area contributed by atoms with Gasteiger partial charge in [0, 0.05) is 17.3 Å². The second-order valence-electron chi connectivity index (χ2n) is 6.04. The molecule has 0 bridgehead atoms. The third-order valence-electron chi connectivity index (χ3n) is 4.02. The quantitative estimate of drug-likeness (QED) is 0.707. The zero-order valence-electron chi connectivity index (χ0n) is 15.2. The molecule has 3 rings (SSSR count). The fraction of sp³-hybridized carbons (Fsp3) is 0.150. The molecule has 0 saturated heterocycles. The number of hydrogen-bond acceptors (Lipinski definition) is 4. The molecule has 3 aromatic rings. The van der Waals surface area contributed by atoms with Crippen molar-refractivity contribution in [3.63, 3.8) is 0 Å². The SMILES string of the molecule is COc1ccccc1-c1ccc(=O)n(CC(=O)Nc2cccc(C(F)(F)F)c2)n1. The summed E-state index contributed by atoms with van der Waals surface area (Å²) in [5.41, 5.74) is -0.402. The van der Waals surface area contributed by atoms with E-state index >= 15 is 0 Å². The van der Waals surface area contributed by atoms with Crippen LogP contribution in [0.15, 0.2) is 65.5 Å². The molecule has 150 valence electrons. The maximum Gasteiger partial charge on any atom is 0.416 e. The lowest BCUT2D eigenvalue weighted by Gasteiger charge is -2.11. The molecule has 0 aliphatic rings. The van der Waals surface area contributed by atoms with Gasteiger partial charge in [-0.1, -0.05) is 18.2 Å². The van der Waals surface area contributed by atoms with Gasteiger partial charge in [0.1, 0.15) is 12.3 Å². The average molecular weight is 403 g/mol. The van der Waals surface area contributed by atoms with Gasteiger partial charge in [-0.3, -0.25) is 9.59 Å². The van der Waals surface area contributed by atoms with E-state index in [1.54, 1.807) is 24.3 Å². The van der Waals surface area contributed by atoms with Crippen LogP contribution in [0.1, 0.15) is 5.56 Å². The number of aromatic nitrogens is 2. The van der Waals surface area contributed by atoms with Gasteiger partial charge in [-0.05, 0) is 36.4 Å². The Bertz CT molecular complexity index is 1090. The highest BCUT2D eigenvalue weighted by atomic mass is 19.4. The first kappa shape index (κ1) is 20.1. The third-order valence-corrected chi connectivity index (χ3v) is 4.02. The number of methoxy groups -OCH3 is 1. The molecule has 0 aliphatic carbocycles. The minimum absolute atomic E-state index is 0.0289. The van der Waals surface area contributed by atoms with E-state index in [1.807, 2.05) is 0 Å². The van der Waals surface area contributed by atoms with Crippen LogP contribution in [-0.4, -0.2) is 22.8 Å². The molecule has 0 saturated carbocycles. The number of para-hydroxylation sites is 1. The van der Waals surface area contributed by atoms with Crippen molar-refractivity contribution in [1.29, 1.82) is 0 Å². The Labute approximate surface area is 163 Å². The third kappa shape index (κ3) is 4.81. The summed E-state index contributed by atoms with van der Waals surface area (Å²) in [4.78, 5) is 24.3. The van der Waals surface area contributed by atoms with E-state index in [4.69, 9.17) is 4.74 Å². The summed E-state index contributed by atoms with van der Waals surface area (Å²) >= 11 is 0. The first-order valence-corrected chi connectivity index (χ1v) is 8.46.